The van der Waals surface area contributed by atoms with Crippen LogP contribution >= 0.6 is 46.6 Å². The summed E-state index contributed by atoms with van der Waals surface area (Å²) >= 11 is 18.7. The molecule has 1 unspecified atom stereocenters. The zero-order valence-electron chi connectivity index (χ0n) is 4.03. The summed E-state index contributed by atoms with van der Waals surface area (Å²) in [4.78, 5) is 0. The van der Waals surface area contributed by atoms with E-state index < -0.39 is 3.67 Å². The molecular formula is C4H5Cl3S. The quantitative estimate of drug-likeness (QED) is 0.531. The third-order valence-corrected chi connectivity index (χ3v) is 4.22. The fourth-order valence-electron chi connectivity index (χ4n) is 0.557. The fraction of sp³-hybridized carbons (Fsp3) is 1.00. The lowest BCUT2D eigenvalue weighted by Gasteiger charge is -2.13. The topological polar surface area (TPSA) is 0 Å². The predicted octanol–water partition coefficient (Wildman–Crippen LogP) is 2.86. The first-order valence-corrected chi connectivity index (χ1v) is 4.46. The first kappa shape index (κ1) is 7.33. The summed E-state index contributed by atoms with van der Waals surface area (Å²) in [6, 6.07) is 0. The normalized spacial score (nSPS) is 35.6. The zero-order chi connectivity index (χ0) is 6.20. The van der Waals surface area contributed by atoms with Gasteiger partial charge in [-0.25, -0.2) is 0 Å². The van der Waals surface area contributed by atoms with Gasteiger partial charge in [0, 0.05) is 0 Å². The summed E-state index contributed by atoms with van der Waals surface area (Å²) in [6.45, 7) is 0. The van der Waals surface area contributed by atoms with Gasteiger partial charge in [0.2, 0.25) is 0 Å². The Bertz CT molecular complexity index is 93.3. The van der Waals surface area contributed by atoms with E-state index in [-0.39, 0.29) is 5.38 Å². The first-order valence-electron chi connectivity index (χ1n) is 2.29. The Kier molecular flexibility index (Phi) is 2.25. The van der Waals surface area contributed by atoms with E-state index in [0.717, 1.165) is 12.2 Å². The van der Waals surface area contributed by atoms with E-state index in [2.05, 4.69) is 0 Å². The van der Waals surface area contributed by atoms with Gasteiger partial charge in [-0.15, -0.1) is 23.4 Å². The van der Waals surface area contributed by atoms with E-state index in [0.29, 0.717) is 0 Å². The molecule has 0 radical (unpaired) electrons. The molecule has 0 bridgehead atoms. The standard InChI is InChI=1S/C4H5Cl3S/c5-3-1-2-8-4(3,6)7/h3H,1-2H2. The molecule has 0 amide bonds. The monoisotopic (exact) mass is 190 g/mol. The minimum Gasteiger partial charge on any atom is -0.122 e. The summed E-state index contributed by atoms with van der Waals surface area (Å²) in [5.41, 5.74) is 0. The fourth-order valence-corrected chi connectivity index (χ4v) is 2.59. The van der Waals surface area contributed by atoms with E-state index in [4.69, 9.17) is 34.8 Å². The van der Waals surface area contributed by atoms with Crippen LogP contribution in [0.5, 0.6) is 0 Å². The molecule has 0 aromatic heterocycles. The van der Waals surface area contributed by atoms with Crippen LogP contribution in [0.2, 0.25) is 0 Å². The van der Waals surface area contributed by atoms with Crippen LogP contribution in [0.25, 0.3) is 0 Å². The molecule has 0 saturated carbocycles. The smallest absolute Gasteiger partial charge is 0.122 e. The van der Waals surface area contributed by atoms with Crippen LogP contribution < -0.4 is 0 Å². The van der Waals surface area contributed by atoms with Crippen molar-refractivity contribution < 1.29 is 0 Å². The van der Waals surface area contributed by atoms with Crippen molar-refractivity contribution in [3.63, 3.8) is 0 Å². The van der Waals surface area contributed by atoms with E-state index in [9.17, 15) is 0 Å². The molecule has 0 aromatic rings. The number of alkyl halides is 3. The lowest BCUT2D eigenvalue weighted by molar-refractivity contribution is 0.894. The second kappa shape index (κ2) is 2.45. The van der Waals surface area contributed by atoms with Crippen molar-refractivity contribution in [2.45, 2.75) is 15.5 Å². The highest BCUT2D eigenvalue weighted by Crippen LogP contribution is 2.47. The van der Waals surface area contributed by atoms with Gasteiger partial charge >= 0.3 is 0 Å². The molecule has 0 N–H and O–H groups in total. The summed E-state index contributed by atoms with van der Waals surface area (Å²) in [5, 5.41) is -0.0733. The minimum atomic E-state index is -0.721. The van der Waals surface area contributed by atoms with Gasteiger partial charge in [-0.05, 0) is 12.2 Å². The van der Waals surface area contributed by atoms with Gasteiger partial charge in [-0.1, -0.05) is 23.2 Å². The van der Waals surface area contributed by atoms with Crippen LogP contribution in [0.4, 0.5) is 0 Å². The van der Waals surface area contributed by atoms with E-state index in [1.54, 1.807) is 0 Å². The molecule has 1 saturated heterocycles. The molecule has 0 nitrogen and oxygen atoms in total. The van der Waals surface area contributed by atoms with Crippen LogP contribution in [-0.2, 0) is 0 Å². The maximum Gasteiger partial charge on any atom is 0.179 e. The molecule has 0 spiro atoms. The number of hydrogen-bond acceptors (Lipinski definition) is 1. The maximum absolute atomic E-state index is 5.72. The molecule has 0 aliphatic carbocycles. The van der Waals surface area contributed by atoms with Gasteiger partial charge in [0.1, 0.15) is 0 Å². The highest BCUT2D eigenvalue weighted by molar-refractivity contribution is 8.03. The summed E-state index contributed by atoms with van der Waals surface area (Å²) < 4.78 is -0.721. The molecule has 4 heteroatoms. The number of halogens is 3. The molecule has 1 heterocycles. The Morgan fingerprint density at radius 2 is 2.12 bits per heavy atom. The SMILES string of the molecule is ClC1CCSC1(Cl)Cl. The Balaban J connectivity index is 2.54. The summed E-state index contributed by atoms with van der Waals surface area (Å²) in [7, 11) is 0. The first-order chi connectivity index (χ1) is 3.63. The second-order valence-corrected chi connectivity index (χ2v) is 5.37. The van der Waals surface area contributed by atoms with E-state index >= 15 is 0 Å². The molecule has 1 fully saturated rings. The van der Waals surface area contributed by atoms with Crippen molar-refractivity contribution in [2.75, 3.05) is 5.75 Å². The number of thioether (sulfide) groups is 1. The molecule has 1 aliphatic heterocycles. The second-order valence-electron chi connectivity index (χ2n) is 1.67. The van der Waals surface area contributed by atoms with Crippen molar-refractivity contribution in [2.24, 2.45) is 0 Å². The van der Waals surface area contributed by atoms with Gasteiger partial charge in [-0.2, -0.15) is 0 Å². The Morgan fingerprint density at radius 3 is 2.25 bits per heavy atom. The van der Waals surface area contributed by atoms with Crippen LogP contribution in [0.15, 0.2) is 0 Å². The molecule has 0 aromatic carbocycles. The van der Waals surface area contributed by atoms with Crippen molar-refractivity contribution in [1.29, 1.82) is 0 Å². The maximum atomic E-state index is 5.72. The van der Waals surface area contributed by atoms with Crippen molar-refractivity contribution in [3.05, 3.63) is 0 Å². The van der Waals surface area contributed by atoms with Gasteiger partial charge in [0.25, 0.3) is 0 Å². The molecule has 1 atom stereocenters. The van der Waals surface area contributed by atoms with Crippen molar-refractivity contribution >= 4 is 46.6 Å². The third kappa shape index (κ3) is 1.38. The molecule has 1 rings (SSSR count). The van der Waals surface area contributed by atoms with Crippen LogP contribution in [0, 0.1) is 0 Å². The van der Waals surface area contributed by atoms with Crippen LogP contribution in [0.1, 0.15) is 6.42 Å². The van der Waals surface area contributed by atoms with Crippen LogP contribution in [-0.4, -0.2) is 14.8 Å². The lowest BCUT2D eigenvalue weighted by Crippen LogP contribution is -2.14. The molecule has 1 aliphatic rings. The highest BCUT2D eigenvalue weighted by atomic mass is 35.5. The third-order valence-electron chi connectivity index (χ3n) is 1.03. The number of hydrogen-bond donors (Lipinski definition) is 0. The average Bonchev–Trinajstić information content (AvgIpc) is 1.86. The van der Waals surface area contributed by atoms with E-state index in [1.165, 1.54) is 11.8 Å². The van der Waals surface area contributed by atoms with Crippen LogP contribution in [0.3, 0.4) is 0 Å². The summed E-state index contributed by atoms with van der Waals surface area (Å²) in [5.74, 6) is 0.973. The van der Waals surface area contributed by atoms with Gasteiger partial charge in [-0.3, -0.25) is 0 Å². The minimum absolute atomic E-state index is 0.0733. The molecular weight excluding hydrogens is 186 g/mol. The van der Waals surface area contributed by atoms with Gasteiger partial charge in [0.15, 0.2) is 3.67 Å². The molecule has 8 heavy (non-hydrogen) atoms. The largest absolute Gasteiger partial charge is 0.179 e. The predicted molar refractivity (Wildman–Crippen MR) is 41.2 cm³/mol. The Labute approximate surface area is 67.9 Å². The zero-order valence-corrected chi connectivity index (χ0v) is 7.12. The highest BCUT2D eigenvalue weighted by Gasteiger charge is 2.38. The lowest BCUT2D eigenvalue weighted by atomic mass is 10.4. The van der Waals surface area contributed by atoms with Crippen molar-refractivity contribution in [1.82, 2.24) is 0 Å². The molecule has 48 valence electrons. The Morgan fingerprint density at radius 1 is 1.50 bits per heavy atom. The Hall–Kier alpha value is 1.22. The van der Waals surface area contributed by atoms with Gasteiger partial charge < -0.3 is 0 Å². The van der Waals surface area contributed by atoms with E-state index in [1.807, 2.05) is 0 Å². The van der Waals surface area contributed by atoms with Crippen molar-refractivity contribution in [3.8, 4) is 0 Å². The summed E-state index contributed by atoms with van der Waals surface area (Å²) in [6.07, 6.45) is 0.916. The average molecular weight is 192 g/mol. The number of rotatable bonds is 0. The van der Waals surface area contributed by atoms with Gasteiger partial charge in [0.05, 0.1) is 5.38 Å².